The Labute approximate surface area is 106 Å². The number of carbonyl (C=O) groups is 1. The summed E-state index contributed by atoms with van der Waals surface area (Å²) in [6.45, 7) is 10.5. The van der Waals surface area contributed by atoms with Gasteiger partial charge in [-0.25, -0.2) is 0 Å². The van der Waals surface area contributed by atoms with E-state index in [0.717, 1.165) is 32.4 Å². The molecule has 0 radical (unpaired) electrons. The number of rotatable bonds is 4. The average Bonchev–Trinajstić information content (AvgIpc) is 2.15. The maximum atomic E-state index is 12.2. The second-order valence-corrected chi connectivity index (χ2v) is 6.66. The van der Waals surface area contributed by atoms with Crippen molar-refractivity contribution >= 4 is 5.91 Å². The highest BCUT2D eigenvalue weighted by molar-refractivity contribution is 5.77. The predicted molar refractivity (Wildman–Crippen MR) is 71.6 cm³/mol. The van der Waals surface area contributed by atoms with Crippen LogP contribution in [0.4, 0.5) is 0 Å². The molecule has 0 aliphatic carbocycles. The number of carbonyl (C=O) groups excluding carboxylic acids is 1. The van der Waals surface area contributed by atoms with Gasteiger partial charge in [-0.2, -0.15) is 0 Å². The largest absolute Gasteiger partial charge is 0.343 e. The van der Waals surface area contributed by atoms with Gasteiger partial charge in [-0.15, -0.1) is 0 Å². The number of hydrogen-bond donors (Lipinski definition) is 1. The smallest absolute Gasteiger partial charge is 0.223 e. The number of nitrogens with zero attached hydrogens (tertiary/aromatic N) is 1. The zero-order chi connectivity index (χ0) is 13.1. The fourth-order valence-corrected chi connectivity index (χ4v) is 2.85. The third kappa shape index (κ3) is 5.07. The van der Waals surface area contributed by atoms with Crippen molar-refractivity contribution in [1.82, 2.24) is 4.90 Å². The van der Waals surface area contributed by atoms with Crippen LogP contribution in [-0.2, 0) is 4.79 Å². The summed E-state index contributed by atoms with van der Waals surface area (Å²) in [5.41, 5.74) is 5.97. The molecule has 3 heteroatoms. The maximum absolute atomic E-state index is 12.2. The molecule has 1 rings (SSSR count). The van der Waals surface area contributed by atoms with Crippen LogP contribution in [0.3, 0.4) is 0 Å². The highest BCUT2D eigenvalue weighted by Gasteiger charge is 2.27. The third-order valence-electron chi connectivity index (χ3n) is 3.48. The van der Waals surface area contributed by atoms with E-state index < -0.39 is 0 Å². The molecule has 1 amide bonds. The number of amides is 1. The van der Waals surface area contributed by atoms with Crippen LogP contribution in [0, 0.1) is 11.3 Å². The zero-order valence-electron chi connectivity index (χ0n) is 11.8. The second kappa shape index (κ2) is 5.85. The first-order valence-corrected chi connectivity index (χ1v) is 6.83. The molecule has 0 aromatic heterocycles. The molecule has 0 aromatic rings. The van der Waals surface area contributed by atoms with Crippen molar-refractivity contribution in [2.45, 2.75) is 59.4 Å². The Morgan fingerprint density at radius 3 is 2.35 bits per heavy atom. The van der Waals surface area contributed by atoms with Gasteiger partial charge in [0.2, 0.25) is 5.91 Å². The molecule has 1 aliphatic rings. The molecule has 1 saturated heterocycles. The fraction of sp³-hybridized carbons (Fsp3) is 0.929. The summed E-state index contributed by atoms with van der Waals surface area (Å²) in [4.78, 5) is 14.2. The molecule has 0 bridgehead atoms. The SMILES string of the molecule is CC(C)CC(C)(C)CC(=O)N1CCC(N)CC1. The van der Waals surface area contributed by atoms with Crippen LogP contribution in [0.1, 0.15) is 53.4 Å². The van der Waals surface area contributed by atoms with Gasteiger partial charge >= 0.3 is 0 Å². The number of hydrogen-bond acceptors (Lipinski definition) is 2. The van der Waals surface area contributed by atoms with Gasteiger partial charge in [-0.05, 0) is 30.6 Å². The molecule has 1 aliphatic heterocycles. The number of likely N-dealkylation sites (tertiary alicyclic amines) is 1. The van der Waals surface area contributed by atoms with E-state index >= 15 is 0 Å². The monoisotopic (exact) mass is 240 g/mol. The molecule has 0 aromatic carbocycles. The molecule has 1 fully saturated rings. The van der Waals surface area contributed by atoms with Crippen LogP contribution in [0.15, 0.2) is 0 Å². The number of piperidine rings is 1. The lowest BCUT2D eigenvalue weighted by molar-refractivity contribution is -0.134. The van der Waals surface area contributed by atoms with E-state index in [-0.39, 0.29) is 5.41 Å². The topological polar surface area (TPSA) is 46.3 Å². The van der Waals surface area contributed by atoms with E-state index in [0.29, 0.717) is 24.3 Å². The lowest BCUT2D eigenvalue weighted by Gasteiger charge is -2.34. The first-order chi connectivity index (χ1) is 7.80. The van der Waals surface area contributed by atoms with Crippen LogP contribution >= 0.6 is 0 Å². The van der Waals surface area contributed by atoms with Crippen molar-refractivity contribution in [2.24, 2.45) is 17.1 Å². The second-order valence-electron chi connectivity index (χ2n) is 6.66. The van der Waals surface area contributed by atoms with Gasteiger partial charge in [0, 0.05) is 25.6 Å². The minimum Gasteiger partial charge on any atom is -0.343 e. The van der Waals surface area contributed by atoms with Crippen LogP contribution in [0.25, 0.3) is 0 Å². The summed E-state index contributed by atoms with van der Waals surface area (Å²) in [7, 11) is 0. The molecule has 0 unspecified atom stereocenters. The normalized spacial score (nSPS) is 18.8. The molecule has 1 heterocycles. The Bertz CT molecular complexity index is 253. The van der Waals surface area contributed by atoms with Gasteiger partial charge < -0.3 is 10.6 Å². The predicted octanol–water partition coefficient (Wildman–Crippen LogP) is 2.40. The highest BCUT2D eigenvalue weighted by Crippen LogP contribution is 2.30. The van der Waals surface area contributed by atoms with Crippen molar-refractivity contribution in [3.63, 3.8) is 0 Å². The highest BCUT2D eigenvalue weighted by atomic mass is 16.2. The Kier molecular flexibility index (Phi) is 4.99. The Morgan fingerprint density at radius 1 is 1.35 bits per heavy atom. The molecule has 2 N–H and O–H groups in total. The van der Waals surface area contributed by atoms with E-state index in [1.165, 1.54) is 0 Å². The van der Waals surface area contributed by atoms with Gasteiger partial charge in [0.25, 0.3) is 0 Å². The van der Waals surface area contributed by atoms with E-state index in [1.54, 1.807) is 0 Å². The summed E-state index contributed by atoms with van der Waals surface area (Å²) in [6.07, 6.45) is 3.68. The van der Waals surface area contributed by atoms with Gasteiger partial charge in [-0.3, -0.25) is 4.79 Å². The number of nitrogens with two attached hydrogens (primary N) is 1. The minimum atomic E-state index is 0.116. The first kappa shape index (κ1) is 14.5. The molecule has 17 heavy (non-hydrogen) atoms. The molecule has 100 valence electrons. The Morgan fingerprint density at radius 2 is 1.88 bits per heavy atom. The van der Waals surface area contributed by atoms with Crippen LogP contribution in [0.2, 0.25) is 0 Å². The van der Waals surface area contributed by atoms with Crippen molar-refractivity contribution in [1.29, 1.82) is 0 Å². The Balaban J connectivity index is 2.43. The van der Waals surface area contributed by atoms with Crippen molar-refractivity contribution in [2.75, 3.05) is 13.1 Å². The van der Waals surface area contributed by atoms with E-state index in [1.807, 2.05) is 4.90 Å². The molecular formula is C14H28N2O. The zero-order valence-corrected chi connectivity index (χ0v) is 11.8. The van der Waals surface area contributed by atoms with Gasteiger partial charge in [0.15, 0.2) is 0 Å². The quantitative estimate of drug-likeness (QED) is 0.820. The Hall–Kier alpha value is -0.570. The van der Waals surface area contributed by atoms with E-state index in [9.17, 15) is 4.79 Å². The lowest BCUT2D eigenvalue weighted by atomic mass is 9.80. The molecule has 0 spiro atoms. The van der Waals surface area contributed by atoms with Crippen molar-refractivity contribution < 1.29 is 4.79 Å². The fourth-order valence-electron chi connectivity index (χ4n) is 2.85. The summed E-state index contributed by atoms with van der Waals surface area (Å²) in [5.74, 6) is 0.954. The van der Waals surface area contributed by atoms with Gasteiger partial charge in [-0.1, -0.05) is 27.7 Å². The molecular weight excluding hydrogens is 212 g/mol. The summed E-state index contributed by atoms with van der Waals surface area (Å²) >= 11 is 0. The lowest BCUT2D eigenvalue weighted by Crippen LogP contribution is -2.44. The average molecular weight is 240 g/mol. The van der Waals surface area contributed by atoms with E-state index in [4.69, 9.17) is 5.73 Å². The summed E-state index contributed by atoms with van der Waals surface area (Å²) < 4.78 is 0. The standard InChI is InChI=1S/C14H28N2O/c1-11(2)9-14(3,4)10-13(17)16-7-5-12(15)6-8-16/h11-12H,5-10,15H2,1-4H3. The van der Waals surface area contributed by atoms with Gasteiger partial charge in [0.1, 0.15) is 0 Å². The third-order valence-corrected chi connectivity index (χ3v) is 3.48. The first-order valence-electron chi connectivity index (χ1n) is 6.83. The molecule has 0 atom stereocenters. The molecule has 3 nitrogen and oxygen atoms in total. The van der Waals surface area contributed by atoms with Crippen molar-refractivity contribution in [3.8, 4) is 0 Å². The van der Waals surface area contributed by atoms with Gasteiger partial charge in [0.05, 0.1) is 0 Å². The minimum absolute atomic E-state index is 0.116. The van der Waals surface area contributed by atoms with Crippen LogP contribution in [-0.4, -0.2) is 29.9 Å². The summed E-state index contributed by atoms with van der Waals surface area (Å²) in [6, 6.07) is 0.294. The maximum Gasteiger partial charge on any atom is 0.223 e. The van der Waals surface area contributed by atoms with Crippen molar-refractivity contribution in [3.05, 3.63) is 0 Å². The van der Waals surface area contributed by atoms with Crippen LogP contribution < -0.4 is 5.73 Å². The molecule has 0 saturated carbocycles. The van der Waals surface area contributed by atoms with Crippen LogP contribution in [0.5, 0.6) is 0 Å². The van der Waals surface area contributed by atoms with E-state index in [2.05, 4.69) is 27.7 Å². The summed E-state index contributed by atoms with van der Waals surface area (Å²) in [5, 5.41) is 0.